The molecule has 0 bridgehead atoms. The van der Waals surface area contributed by atoms with Crippen molar-refractivity contribution < 1.29 is 23.9 Å². The van der Waals surface area contributed by atoms with Crippen molar-refractivity contribution in [1.29, 1.82) is 0 Å². The Balaban J connectivity index is 2.11. The van der Waals surface area contributed by atoms with Gasteiger partial charge in [0, 0.05) is 6.42 Å². The zero-order valence-electron chi connectivity index (χ0n) is 12.8. The monoisotopic (exact) mass is 304 g/mol. The molecular weight excluding hydrogens is 284 g/mol. The van der Waals surface area contributed by atoms with Crippen molar-refractivity contribution in [2.45, 2.75) is 39.2 Å². The fourth-order valence-corrected chi connectivity index (χ4v) is 2.70. The predicted octanol–water partition coefficient (Wildman–Crippen LogP) is 2.57. The van der Waals surface area contributed by atoms with Crippen LogP contribution in [0.15, 0.2) is 24.3 Å². The van der Waals surface area contributed by atoms with Crippen molar-refractivity contribution in [2.24, 2.45) is 5.92 Å². The molecule has 2 unspecified atom stereocenters. The third-order valence-electron chi connectivity index (χ3n) is 3.78. The number of ether oxygens (including phenoxy) is 2. The van der Waals surface area contributed by atoms with E-state index < -0.39 is 18.0 Å². The Kier molecular flexibility index (Phi) is 5.31. The van der Waals surface area contributed by atoms with E-state index in [1.54, 1.807) is 31.2 Å². The lowest BCUT2D eigenvalue weighted by molar-refractivity contribution is -0.146. The van der Waals surface area contributed by atoms with Crippen LogP contribution in [0.2, 0.25) is 0 Å². The molecule has 0 radical (unpaired) electrons. The first-order valence-corrected chi connectivity index (χ1v) is 7.54. The molecule has 0 amide bonds. The van der Waals surface area contributed by atoms with E-state index in [-0.39, 0.29) is 31.0 Å². The van der Waals surface area contributed by atoms with Crippen LogP contribution in [0.4, 0.5) is 0 Å². The third-order valence-corrected chi connectivity index (χ3v) is 3.78. The summed E-state index contributed by atoms with van der Waals surface area (Å²) in [6.45, 7) is 3.79. The molecule has 0 saturated carbocycles. The van der Waals surface area contributed by atoms with Crippen LogP contribution in [-0.2, 0) is 14.3 Å². The van der Waals surface area contributed by atoms with E-state index in [0.717, 1.165) is 0 Å². The maximum absolute atomic E-state index is 12.3. The normalized spacial score (nSPS) is 18.1. The van der Waals surface area contributed by atoms with Crippen molar-refractivity contribution in [3.8, 4) is 5.75 Å². The first kappa shape index (κ1) is 16.2. The summed E-state index contributed by atoms with van der Waals surface area (Å²) in [6, 6.07) is 7.01. The number of esters is 1. The highest BCUT2D eigenvalue weighted by atomic mass is 16.5. The number of carbonyl (C=O) groups is 3. The van der Waals surface area contributed by atoms with Crippen LogP contribution >= 0.6 is 0 Å². The van der Waals surface area contributed by atoms with Gasteiger partial charge in [0.25, 0.3) is 0 Å². The van der Waals surface area contributed by atoms with Crippen LogP contribution in [0, 0.1) is 5.92 Å². The molecule has 1 aliphatic heterocycles. The number of ketones is 2. The van der Waals surface area contributed by atoms with Crippen LogP contribution in [-0.4, -0.2) is 30.2 Å². The van der Waals surface area contributed by atoms with Crippen LogP contribution < -0.4 is 4.74 Å². The van der Waals surface area contributed by atoms with E-state index in [9.17, 15) is 14.4 Å². The minimum atomic E-state index is -0.534. The summed E-state index contributed by atoms with van der Waals surface area (Å²) in [5.74, 6) is -0.784. The lowest BCUT2D eigenvalue weighted by Gasteiger charge is -2.30. The quantitative estimate of drug-likeness (QED) is 0.597. The molecule has 118 valence electrons. The Morgan fingerprint density at radius 2 is 2.05 bits per heavy atom. The van der Waals surface area contributed by atoms with Gasteiger partial charge >= 0.3 is 5.97 Å². The fraction of sp³-hybridized carbons (Fsp3) is 0.471. The molecule has 0 saturated heterocycles. The van der Waals surface area contributed by atoms with Gasteiger partial charge in [-0.05, 0) is 25.5 Å². The lowest BCUT2D eigenvalue weighted by atomic mass is 9.87. The minimum absolute atomic E-state index is 0.0331. The second-order valence-corrected chi connectivity index (χ2v) is 5.24. The lowest BCUT2D eigenvalue weighted by Crippen LogP contribution is -2.38. The molecule has 0 spiro atoms. The van der Waals surface area contributed by atoms with Crippen molar-refractivity contribution in [1.82, 2.24) is 0 Å². The molecule has 22 heavy (non-hydrogen) atoms. The second kappa shape index (κ2) is 7.20. The van der Waals surface area contributed by atoms with Crippen molar-refractivity contribution >= 4 is 17.5 Å². The number of fused-ring (bicyclic) bond motifs is 1. The summed E-state index contributed by atoms with van der Waals surface area (Å²) < 4.78 is 10.6. The standard InChI is InChI=1S/C17H20O5/c1-3-11(14(19)10-17(20)21-4-2)16-9-13(18)12-7-5-6-8-15(12)22-16/h5-8,11,16H,3-4,9-10H2,1-2H3. The summed E-state index contributed by atoms with van der Waals surface area (Å²) in [7, 11) is 0. The van der Waals surface area contributed by atoms with Crippen LogP contribution in [0.3, 0.4) is 0 Å². The molecule has 5 heteroatoms. The van der Waals surface area contributed by atoms with Gasteiger partial charge < -0.3 is 9.47 Å². The van der Waals surface area contributed by atoms with Crippen LogP contribution in [0.25, 0.3) is 0 Å². The van der Waals surface area contributed by atoms with Gasteiger partial charge in [0.05, 0.1) is 18.1 Å². The Morgan fingerprint density at radius 3 is 2.73 bits per heavy atom. The fourth-order valence-electron chi connectivity index (χ4n) is 2.70. The molecule has 1 heterocycles. The van der Waals surface area contributed by atoms with Gasteiger partial charge in [0.1, 0.15) is 18.3 Å². The van der Waals surface area contributed by atoms with Gasteiger partial charge in [0.2, 0.25) is 0 Å². The van der Waals surface area contributed by atoms with Gasteiger partial charge in [-0.1, -0.05) is 19.1 Å². The smallest absolute Gasteiger partial charge is 0.313 e. The Morgan fingerprint density at radius 1 is 1.32 bits per heavy atom. The minimum Gasteiger partial charge on any atom is -0.488 e. The Hall–Kier alpha value is -2.17. The number of hydrogen-bond donors (Lipinski definition) is 0. The topological polar surface area (TPSA) is 69.7 Å². The molecule has 0 aliphatic carbocycles. The molecule has 1 aliphatic rings. The SMILES string of the molecule is CCOC(=O)CC(=O)C(CC)C1CC(=O)c2ccccc2O1. The summed E-state index contributed by atoms with van der Waals surface area (Å²) in [6.07, 6.45) is -0.126. The van der Waals surface area contributed by atoms with Crippen LogP contribution in [0.1, 0.15) is 43.5 Å². The van der Waals surface area contributed by atoms with Gasteiger partial charge in [-0.3, -0.25) is 14.4 Å². The molecule has 1 aromatic rings. The number of carbonyl (C=O) groups excluding carboxylic acids is 3. The van der Waals surface area contributed by atoms with E-state index in [1.165, 1.54) is 0 Å². The predicted molar refractivity (Wildman–Crippen MR) is 79.8 cm³/mol. The average Bonchev–Trinajstić information content (AvgIpc) is 2.48. The highest BCUT2D eigenvalue weighted by molar-refractivity contribution is 6.01. The molecule has 0 aromatic heterocycles. The van der Waals surface area contributed by atoms with Gasteiger partial charge in [-0.2, -0.15) is 0 Å². The molecule has 0 fully saturated rings. The van der Waals surface area contributed by atoms with Gasteiger partial charge in [-0.15, -0.1) is 0 Å². The number of benzene rings is 1. The highest BCUT2D eigenvalue weighted by Crippen LogP contribution is 2.31. The van der Waals surface area contributed by atoms with Crippen LogP contribution in [0.5, 0.6) is 5.75 Å². The van der Waals surface area contributed by atoms with Gasteiger partial charge in [0.15, 0.2) is 11.6 Å². The third kappa shape index (κ3) is 3.53. The first-order valence-electron chi connectivity index (χ1n) is 7.54. The van der Waals surface area contributed by atoms with E-state index >= 15 is 0 Å². The summed E-state index contributed by atoms with van der Waals surface area (Å²) in [4.78, 5) is 35.9. The maximum Gasteiger partial charge on any atom is 0.313 e. The zero-order valence-corrected chi connectivity index (χ0v) is 12.8. The molecule has 5 nitrogen and oxygen atoms in total. The van der Waals surface area contributed by atoms with E-state index in [1.807, 2.05) is 6.92 Å². The average molecular weight is 304 g/mol. The maximum atomic E-state index is 12.3. The number of rotatable bonds is 6. The van der Waals surface area contributed by atoms with Crippen molar-refractivity contribution in [3.05, 3.63) is 29.8 Å². The Labute approximate surface area is 129 Å². The molecular formula is C17H20O5. The summed E-state index contributed by atoms with van der Waals surface area (Å²) in [5.41, 5.74) is 0.548. The van der Waals surface area contributed by atoms with E-state index in [0.29, 0.717) is 17.7 Å². The summed E-state index contributed by atoms with van der Waals surface area (Å²) >= 11 is 0. The molecule has 0 N–H and O–H groups in total. The van der Waals surface area contributed by atoms with Gasteiger partial charge in [-0.25, -0.2) is 0 Å². The number of para-hydroxylation sites is 1. The van der Waals surface area contributed by atoms with Crippen molar-refractivity contribution in [3.63, 3.8) is 0 Å². The Bertz CT molecular complexity index is 578. The molecule has 1 aromatic carbocycles. The first-order chi connectivity index (χ1) is 10.6. The highest BCUT2D eigenvalue weighted by Gasteiger charge is 2.35. The number of hydrogen-bond acceptors (Lipinski definition) is 5. The van der Waals surface area contributed by atoms with Crippen molar-refractivity contribution in [2.75, 3.05) is 6.61 Å². The summed E-state index contributed by atoms with van der Waals surface area (Å²) in [5, 5.41) is 0. The zero-order chi connectivity index (χ0) is 16.1. The molecule has 2 atom stereocenters. The number of Topliss-reactive ketones (excluding diaryl/α,β-unsaturated/α-hetero) is 2. The largest absolute Gasteiger partial charge is 0.488 e. The second-order valence-electron chi connectivity index (χ2n) is 5.24. The van der Waals surface area contributed by atoms with E-state index in [2.05, 4.69) is 0 Å². The molecule has 2 rings (SSSR count). The van der Waals surface area contributed by atoms with E-state index in [4.69, 9.17) is 9.47 Å².